The van der Waals surface area contributed by atoms with Crippen LogP contribution in [0.25, 0.3) is 11.2 Å². The van der Waals surface area contributed by atoms with Crippen molar-refractivity contribution in [2.75, 3.05) is 5.32 Å². The summed E-state index contributed by atoms with van der Waals surface area (Å²) in [4.78, 5) is 25.6. The highest BCUT2D eigenvalue weighted by Crippen LogP contribution is 2.16. The Balaban J connectivity index is 1.91. The van der Waals surface area contributed by atoms with Crippen LogP contribution in [0.5, 0.6) is 0 Å². The minimum absolute atomic E-state index is 0.118. The first-order chi connectivity index (χ1) is 9.70. The first kappa shape index (κ1) is 14.4. The standard InChI is InChI=1S/C13H18FN5O/c1-2-3-4-5-6-7-9(20)17-12-10-11(16-8-15-10)18-13(14)19-12/h8H,2-7H2,1H3,(H2,15,16,17,18,19,20). The van der Waals surface area contributed by atoms with Gasteiger partial charge in [0.25, 0.3) is 0 Å². The largest absolute Gasteiger partial charge is 0.329 e. The van der Waals surface area contributed by atoms with Gasteiger partial charge in [0.2, 0.25) is 5.91 Å². The van der Waals surface area contributed by atoms with Crippen molar-refractivity contribution in [1.29, 1.82) is 0 Å². The number of halogens is 1. The molecule has 2 rings (SSSR count). The third-order valence-corrected chi connectivity index (χ3v) is 3.02. The van der Waals surface area contributed by atoms with Gasteiger partial charge >= 0.3 is 6.08 Å². The van der Waals surface area contributed by atoms with Crippen LogP contribution >= 0.6 is 0 Å². The van der Waals surface area contributed by atoms with Gasteiger partial charge in [0.1, 0.15) is 0 Å². The summed E-state index contributed by atoms with van der Waals surface area (Å²) in [6.07, 6.45) is 6.24. The van der Waals surface area contributed by atoms with Gasteiger partial charge in [-0.3, -0.25) is 4.79 Å². The smallest absolute Gasteiger partial charge is 0.312 e. The predicted octanol–water partition coefficient (Wildman–Crippen LogP) is 2.79. The second-order valence-corrected chi connectivity index (χ2v) is 4.65. The zero-order valence-electron chi connectivity index (χ0n) is 11.4. The molecule has 7 heteroatoms. The zero-order valence-corrected chi connectivity index (χ0v) is 11.4. The number of aromatic nitrogens is 4. The summed E-state index contributed by atoms with van der Waals surface area (Å²) < 4.78 is 13.2. The average Bonchev–Trinajstić information content (AvgIpc) is 2.86. The van der Waals surface area contributed by atoms with E-state index in [2.05, 4.69) is 32.2 Å². The minimum atomic E-state index is -0.889. The zero-order chi connectivity index (χ0) is 14.4. The summed E-state index contributed by atoms with van der Waals surface area (Å²) in [5.74, 6) is -0.0591. The maximum atomic E-state index is 13.2. The quantitative estimate of drug-likeness (QED) is 0.603. The summed E-state index contributed by atoms with van der Waals surface area (Å²) in [5, 5.41) is 2.59. The fraction of sp³-hybridized carbons (Fsp3) is 0.538. The third-order valence-electron chi connectivity index (χ3n) is 3.02. The molecule has 0 bridgehead atoms. The maximum Gasteiger partial charge on any atom is 0.312 e. The molecule has 0 radical (unpaired) electrons. The number of fused-ring (bicyclic) bond motifs is 1. The lowest BCUT2D eigenvalue weighted by Crippen LogP contribution is -2.13. The van der Waals surface area contributed by atoms with Gasteiger partial charge in [0.15, 0.2) is 17.0 Å². The Morgan fingerprint density at radius 3 is 2.90 bits per heavy atom. The predicted molar refractivity (Wildman–Crippen MR) is 73.6 cm³/mol. The molecule has 0 aliphatic heterocycles. The molecule has 108 valence electrons. The topological polar surface area (TPSA) is 83.6 Å². The van der Waals surface area contributed by atoms with Gasteiger partial charge in [-0.1, -0.05) is 32.6 Å². The molecule has 0 saturated carbocycles. The molecule has 0 atom stereocenters. The van der Waals surface area contributed by atoms with E-state index < -0.39 is 6.08 Å². The number of hydrogen-bond donors (Lipinski definition) is 2. The Bertz CT molecular complexity index is 583. The highest BCUT2D eigenvalue weighted by molar-refractivity contribution is 5.96. The van der Waals surface area contributed by atoms with Crippen LogP contribution in [0.4, 0.5) is 10.2 Å². The third kappa shape index (κ3) is 3.72. The van der Waals surface area contributed by atoms with E-state index in [-0.39, 0.29) is 17.4 Å². The number of hydrogen-bond acceptors (Lipinski definition) is 4. The molecule has 0 unspecified atom stereocenters. The number of imidazole rings is 1. The van der Waals surface area contributed by atoms with Crippen LogP contribution in [0.15, 0.2) is 6.33 Å². The number of anilines is 1. The van der Waals surface area contributed by atoms with Crippen molar-refractivity contribution in [1.82, 2.24) is 19.9 Å². The summed E-state index contributed by atoms with van der Waals surface area (Å²) in [5.41, 5.74) is 0.640. The number of H-pyrrole nitrogens is 1. The summed E-state index contributed by atoms with van der Waals surface area (Å²) in [6.45, 7) is 2.14. The number of nitrogens with one attached hydrogen (secondary N) is 2. The SMILES string of the molecule is CCCCCCCC(=O)Nc1nc(F)nc2[nH]cnc12. The molecule has 0 aromatic carbocycles. The van der Waals surface area contributed by atoms with E-state index in [1.165, 1.54) is 19.2 Å². The molecule has 0 aliphatic carbocycles. The Hall–Kier alpha value is -2.05. The van der Waals surface area contributed by atoms with Gasteiger partial charge in [-0.15, -0.1) is 0 Å². The van der Waals surface area contributed by atoms with E-state index in [0.29, 0.717) is 11.9 Å². The van der Waals surface area contributed by atoms with Crippen LogP contribution in [0.3, 0.4) is 0 Å². The summed E-state index contributed by atoms with van der Waals surface area (Å²) >= 11 is 0. The number of aromatic amines is 1. The van der Waals surface area contributed by atoms with E-state index in [9.17, 15) is 9.18 Å². The Kier molecular flexibility index (Phi) is 4.97. The Labute approximate surface area is 116 Å². The maximum absolute atomic E-state index is 13.2. The van der Waals surface area contributed by atoms with E-state index in [0.717, 1.165) is 19.3 Å². The second-order valence-electron chi connectivity index (χ2n) is 4.65. The monoisotopic (exact) mass is 279 g/mol. The van der Waals surface area contributed by atoms with Gasteiger partial charge in [0.05, 0.1) is 6.33 Å². The van der Waals surface area contributed by atoms with Crippen molar-refractivity contribution in [3.63, 3.8) is 0 Å². The number of carbonyl (C=O) groups is 1. The van der Waals surface area contributed by atoms with Crippen molar-refractivity contribution in [2.45, 2.75) is 45.4 Å². The highest BCUT2D eigenvalue weighted by atomic mass is 19.1. The molecule has 0 saturated heterocycles. The number of nitrogens with zero attached hydrogens (tertiary/aromatic N) is 3. The van der Waals surface area contributed by atoms with Crippen LogP contribution < -0.4 is 5.32 Å². The normalized spacial score (nSPS) is 10.9. The highest BCUT2D eigenvalue weighted by Gasteiger charge is 2.12. The van der Waals surface area contributed by atoms with Crippen LogP contribution in [0, 0.1) is 6.08 Å². The first-order valence-electron chi connectivity index (χ1n) is 6.87. The number of rotatable bonds is 7. The number of carbonyl (C=O) groups excluding carboxylic acids is 1. The van der Waals surface area contributed by atoms with E-state index in [4.69, 9.17) is 0 Å². The number of amides is 1. The van der Waals surface area contributed by atoms with Crippen LogP contribution in [-0.2, 0) is 4.79 Å². The van der Waals surface area contributed by atoms with Crippen molar-refractivity contribution < 1.29 is 9.18 Å². The molecule has 2 aromatic rings. The molecule has 20 heavy (non-hydrogen) atoms. The fourth-order valence-electron chi connectivity index (χ4n) is 1.98. The molecule has 0 fully saturated rings. The molecule has 2 heterocycles. The van der Waals surface area contributed by atoms with Crippen molar-refractivity contribution in [3.05, 3.63) is 12.4 Å². The van der Waals surface area contributed by atoms with Gasteiger partial charge in [-0.25, -0.2) is 4.98 Å². The average molecular weight is 279 g/mol. The minimum Gasteiger partial charge on any atom is -0.329 e. The fourth-order valence-corrected chi connectivity index (χ4v) is 1.98. The molecular formula is C13H18FN5O. The van der Waals surface area contributed by atoms with Crippen molar-refractivity contribution in [2.24, 2.45) is 0 Å². The molecule has 0 aliphatic rings. The first-order valence-corrected chi connectivity index (χ1v) is 6.87. The molecule has 1 amide bonds. The Morgan fingerprint density at radius 2 is 2.10 bits per heavy atom. The van der Waals surface area contributed by atoms with Crippen molar-refractivity contribution >= 4 is 22.9 Å². The molecular weight excluding hydrogens is 261 g/mol. The molecule has 2 aromatic heterocycles. The van der Waals surface area contributed by atoms with Gasteiger partial charge < -0.3 is 10.3 Å². The van der Waals surface area contributed by atoms with Gasteiger partial charge in [0, 0.05) is 6.42 Å². The second kappa shape index (κ2) is 6.93. The van der Waals surface area contributed by atoms with E-state index in [1.807, 2.05) is 0 Å². The van der Waals surface area contributed by atoms with Gasteiger partial charge in [-0.2, -0.15) is 14.4 Å². The van der Waals surface area contributed by atoms with Crippen LogP contribution in [0.2, 0.25) is 0 Å². The van der Waals surface area contributed by atoms with Crippen molar-refractivity contribution in [3.8, 4) is 0 Å². The summed E-state index contributed by atoms with van der Waals surface area (Å²) in [7, 11) is 0. The van der Waals surface area contributed by atoms with Crippen LogP contribution in [0.1, 0.15) is 45.4 Å². The molecule has 6 nitrogen and oxygen atoms in total. The van der Waals surface area contributed by atoms with E-state index in [1.54, 1.807) is 0 Å². The summed E-state index contributed by atoms with van der Waals surface area (Å²) in [6, 6.07) is 0. The van der Waals surface area contributed by atoms with Crippen LogP contribution in [-0.4, -0.2) is 25.8 Å². The lowest BCUT2D eigenvalue weighted by atomic mass is 10.1. The van der Waals surface area contributed by atoms with Gasteiger partial charge in [-0.05, 0) is 6.42 Å². The lowest BCUT2D eigenvalue weighted by Gasteiger charge is -2.04. The van der Waals surface area contributed by atoms with E-state index >= 15 is 0 Å². The molecule has 2 N–H and O–H groups in total. The number of unbranched alkanes of at least 4 members (excludes halogenated alkanes) is 4. The molecule has 0 spiro atoms. The lowest BCUT2D eigenvalue weighted by molar-refractivity contribution is -0.116. The Morgan fingerprint density at radius 1 is 1.30 bits per heavy atom.